The van der Waals surface area contributed by atoms with Crippen LogP contribution >= 0.6 is 0 Å². The Hall–Kier alpha value is -4.01. The summed E-state index contributed by atoms with van der Waals surface area (Å²) < 4.78 is 9.39. The Bertz CT molecular complexity index is 928. The number of nitrogens with zero attached hydrogens (tertiary/aromatic N) is 1. The van der Waals surface area contributed by atoms with Crippen molar-refractivity contribution >= 4 is 30.0 Å². The third-order valence-electron chi connectivity index (χ3n) is 3.84. The number of amides is 3. The quantitative estimate of drug-likeness (QED) is 0.634. The van der Waals surface area contributed by atoms with Gasteiger partial charge in [-0.1, -0.05) is 36.4 Å². The standard InChI is InChI=1S/C19H14N2O7/c22-15(12-7-3-1-4-8-12)27-17(24)14-11-20-18(25)21(14)19(26)28-16(23)13-9-5-2-6-10-13/h1-10,14H,11H2,(H,20,25)/t14-/m0/s1. The third-order valence-corrected chi connectivity index (χ3v) is 3.84. The molecule has 1 atom stereocenters. The molecule has 1 aliphatic heterocycles. The topological polar surface area (TPSA) is 119 Å². The van der Waals surface area contributed by atoms with Crippen LogP contribution in [0.25, 0.3) is 0 Å². The summed E-state index contributed by atoms with van der Waals surface area (Å²) in [4.78, 5) is 60.8. The zero-order valence-electron chi connectivity index (χ0n) is 14.4. The first-order chi connectivity index (χ1) is 13.5. The lowest BCUT2D eigenvalue weighted by Crippen LogP contribution is -2.45. The van der Waals surface area contributed by atoms with Gasteiger partial charge in [-0.3, -0.25) is 0 Å². The van der Waals surface area contributed by atoms with Crippen LogP contribution in [0.3, 0.4) is 0 Å². The van der Waals surface area contributed by atoms with Crippen molar-refractivity contribution in [1.29, 1.82) is 0 Å². The highest BCUT2D eigenvalue weighted by Crippen LogP contribution is 2.14. The van der Waals surface area contributed by atoms with E-state index < -0.39 is 36.1 Å². The first-order valence-corrected chi connectivity index (χ1v) is 8.16. The second-order valence-corrected chi connectivity index (χ2v) is 5.67. The molecule has 0 aromatic heterocycles. The number of rotatable bonds is 3. The molecule has 1 saturated heterocycles. The number of benzene rings is 2. The number of esters is 3. The van der Waals surface area contributed by atoms with Crippen molar-refractivity contribution in [3.05, 3.63) is 71.8 Å². The average Bonchev–Trinajstić information content (AvgIpc) is 3.11. The summed E-state index contributed by atoms with van der Waals surface area (Å²) in [5.41, 5.74) is 0.218. The van der Waals surface area contributed by atoms with Crippen molar-refractivity contribution in [3.8, 4) is 0 Å². The minimum atomic E-state index is -1.45. The molecule has 0 radical (unpaired) electrons. The molecule has 0 bridgehead atoms. The smallest absolute Gasteiger partial charge is 0.388 e. The number of hydrogen-bond donors (Lipinski definition) is 1. The van der Waals surface area contributed by atoms with E-state index in [1.807, 2.05) is 0 Å². The summed E-state index contributed by atoms with van der Waals surface area (Å²) in [6.07, 6.45) is -1.35. The van der Waals surface area contributed by atoms with Crippen LogP contribution in [-0.4, -0.2) is 47.5 Å². The highest BCUT2D eigenvalue weighted by Gasteiger charge is 2.44. The minimum Gasteiger partial charge on any atom is -0.388 e. The summed E-state index contributed by atoms with van der Waals surface area (Å²) in [5.74, 6) is -3.05. The first-order valence-electron chi connectivity index (χ1n) is 8.16. The Balaban J connectivity index is 1.68. The van der Waals surface area contributed by atoms with Crippen LogP contribution in [0.2, 0.25) is 0 Å². The van der Waals surface area contributed by atoms with Crippen LogP contribution in [0.5, 0.6) is 0 Å². The highest BCUT2D eigenvalue weighted by atomic mass is 16.6. The van der Waals surface area contributed by atoms with Gasteiger partial charge in [0.1, 0.15) is 0 Å². The van der Waals surface area contributed by atoms with Crippen LogP contribution in [0.15, 0.2) is 60.7 Å². The average molecular weight is 382 g/mol. The van der Waals surface area contributed by atoms with Crippen molar-refractivity contribution in [1.82, 2.24) is 10.2 Å². The van der Waals surface area contributed by atoms with E-state index in [9.17, 15) is 24.0 Å². The lowest BCUT2D eigenvalue weighted by Gasteiger charge is -2.18. The Labute approximate surface area is 158 Å². The second kappa shape index (κ2) is 8.12. The summed E-state index contributed by atoms with van der Waals surface area (Å²) in [6, 6.07) is 13.0. The lowest BCUT2D eigenvalue weighted by atomic mass is 10.2. The molecule has 142 valence electrons. The maximum absolute atomic E-state index is 12.3. The minimum absolute atomic E-state index is 0.0915. The molecule has 1 heterocycles. The Morgan fingerprint density at radius 1 is 0.821 bits per heavy atom. The molecule has 0 saturated carbocycles. The lowest BCUT2D eigenvalue weighted by molar-refractivity contribution is -0.141. The van der Waals surface area contributed by atoms with Gasteiger partial charge in [-0.25, -0.2) is 28.9 Å². The van der Waals surface area contributed by atoms with Gasteiger partial charge >= 0.3 is 30.0 Å². The molecular formula is C19H14N2O7. The maximum Gasteiger partial charge on any atom is 0.426 e. The van der Waals surface area contributed by atoms with E-state index in [4.69, 9.17) is 4.74 Å². The summed E-state index contributed by atoms with van der Waals surface area (Å²) in [6.45, 7) is -0.283. The van der Waals surface area contributed by atoms with Crippen LogP contribution in [-0.2, 0) is 14.3 Å². The number of imide groups is 1. The molecule has 1 aliphatic rings. The molecule has 1 N–H and O–H groups in total. The van der Waals surface area contributed by atoms with Gasteiger partial charge in [0, 0.05) is 0 Å². The van der Waals surface area contributed by atoms with Crippen molar-refractivity contribution in [2.24, 2.45) is 0 Å². The SMILES string of the molecule is O=C(OC(=O)[C@@H]1CNC(=O)N1C(=O)OC(=O)c1ccccc1)c1ccccc1. The Morgan fingerprint density at radius 3 is 1.86 bits per heavy atom. The molecule has 3 amide bonds. The van der Waals surface area contributed by atoms with E-state index >= 15 is 0 Å². The van der Waals surface area contributed by atoms with E-state index in [0.717, 1.165) is 0 Å². The van der Waals surface area contributed by atoms with E-state index in [-0.39, 0.29) is 17.7 Å². The van der Waals surface area contributed by atoms with Crippen LogP contribution < -0.4 is 5.32 Å². The van der Waals surface area contributed by atoms with Crippen LogP contribution in [0.4, 0.5) is 9.59 Å². The van der Waals surface area contributed by atoms with Gasteiger partial charge in [-0.2, -0.15) is 0 Å². The number of urea groups is 1. The molecule has 28 heavy (non-hydrogen) atoms. The summed E-state index contributed by atoms with van der Waals surface area (Å²) >= 11 is 0. The van der Waals surface area contributed by atoms with Gasteiger partial charge in [0.2, 0.25) is 0 Å². The highest BCUT2D eigenvalue weighted by molar-refractivity contribution is 6.06. The molecule has 0 spiro atoms. The molecule has 2 aromatic rings. The van der Waals surface area contributed by atoms with E-state index in [2.05, 4.69) is 10.1 Å². The van der Waals surface area contributed by atoms with Gasteiger partial charge in [0.05, 0.1) is 17.7 Å². The van der Waals surface area contributed by atoms with Crippen molar-refractivity contribution in [3.63, 3.8) is 0 Å². The molecule has 9 heteroatoms. The number of ether oxygens (including phenoxy) is 2. The monoisotopic (exact) mass is 382 g/mol. The molecule has 2 aromatic carbocycles. The summed E-state index contributed by atoms with van der Waals surface area (Å²) in [5, 5.41) is 2.27. The Kier molecular flexibility index (Phi) is 5.45. The van der Waals surface area contributed by atoms with Gasteiger partial charge < -0.3 is 14.8 Å². The van der Waals surface area contributed by atoms with Crippen molar-refractivity contribution < 1.29 is 33.4 Å². The fraction of sp³-hybridized carbons (Fsp3) is 0.105. The fourth-order valence-electron chi connectivity index (χ4n) is 2.46. The van der Waals surface area contributed by atoms with Gasteiger partial charge in [-0.15, -0.1) is 0 Å². The molecule has 1 fully saturated rings. The predicted molar refractivity (Wildman–Crippen MR) is 93.1 cm³/mol. The second-order valence-electron chi connectivity index (χ2n) is 5.67. The zero-order chi connectivity index (χ0) is 20.1. The molecular weight excluding hydrogens is 368 g/mol. The van der Waals surface area contributed by atoms with E-state index in [0.29, 0.717) is 4.90 Å². The number of nitrogens with one attached hydrogen (secondary N) is 1. The largest absolute Gasteiger partial charge is 0.426 e. The molecule has 0 unspecified atom stereocenters. The summed E-state index contributed by atoms with van der Waals surface area (Å²) in [7, 11) is 0. The van der Waals surface area contributed by atoms with Gasteiger partial charge in [-0.05, 0) is 24.3 Å². The van der Waals surface area contributed by atoms with E-state index in [1.165, 1.54) is 24.3 Å². The fourth-order valence-corrected chi connectivity index (χ4v) is 2.46. The molecule has 0 aliphatic carbocycles. The first kappa shape index (κ1) is 18.8. The number of carbonyl (C=O) groups is 5. The predicted octanol–water partition coefficient (Wildman–Crippen LogP) is 1.74. The van der Waals surface area contributed by atoms with Crippen molar-refractivity contribution in [2.75, 3.05) is 6.54 Å². The number of carbonyl (C=O) groups excluding carboxylic acids is 5. The number of hydrogen-bond acceptors (Lipinski definition) is 7. The van der Waals surface area contributed by atoms with Crippen LogP contribution in [0.1, 0.15) is 20.7 Å². The zero-order valence-corrected chi connectivity index (χ0v) is 14.4. The van der Waals surface area contributed by atoms with Crippen LogP contribution in [0, 0.1) is 0 Å². The van der Waals surface area contributed by atoms with Crippen molar-refractivity contribution in [2.45, 2.75) is 6.04 Å². The normalized spacial score (nSPS) is 15.5. The Morgan fingerprint density at radius 2 is 1.32 bits per heavy atom. The third kappa shape index (κ3) is 4.04. The van der Waals surface area contributed by atoms with Gasteiger partial charge in [0.15, 0.2) is 6.04 Å². The van der Waals surface area contributed by atoms with Gasteiger partial charge in [0.25, 0.3) is 0 Å². The molecule has 9 nitrogen and oxygen atoms in total. The van der Waals surface area contributed by atoms with E-state index in [1.54, 1.807) is 36.4 Å². The maximum atomic E-state index is 12.3. The molecule has 3 rings (SSSR count).